The van der Waals surface area contributed by atoms with Crippen molar-refractivity contribution in [3.05, 3.63) is 54.3 Å². The highest BCUT2D eigenvalue weighted by Gasteiger charge is 2.49. The molecule has 6 heteroatoms. The van der Waals surface area contributed by atoms with Gasteiger partial charge in [-0.3, -0.25) is 9.89 Å². The maximum atomic E-state index is 13.6. The summed E-state index contributed by atoms with van der Waals surface area (Å²) in [7, 11) is 0. The lowest BCUT2D eigenvalue weighted by Crippen LogP contribution is -2.47. The third-order valence-electron chi connectivity index (χ3n) is 7.83. The van der Waals surface area contributed by atoms with Crippen molar-refractivity contribution in [3.8, 4) is 28.3 Å². The molecule has 0 saturated heterocycles. The number of phenols is 1. The third-order valence-corrected chi connectivity index (χ3v) is 7.83. The van der Waals surface area contributed by atoms with Crippen LogP contribution in [0.25, 0.3) is 22.5 Å². The predicted molar refractivity (Wildman–Crippen MR) is 132 cm³/mol. The van der Waals surface area contributed by atoms with E-state index in [1.54, 1.807) is 6.07 Å². The molecule has 4 atom stereocenters. The summed E-state index contributed by atoms with van der Waals surface area (Å²) in [5.41, 5.74) is 2.98. The Morgan fingerprint density at radius 2 is 1.94 bits per heavy atom. The lowest BCUT2D eigenvalue weighted by molar-refractivity contribution is -0.134. The van der Waals surface area contributed by atoms with Crippen LogP contribution >= 0.6 is 0 Å². The molecule has 1 amide bonds. The first kappa shape index (κ1) is 22.6. The van der Waals surface area contributed by atoms with E-state index in [0.717, 1.165) is 42.6 Å². The van der Waals surface area contributed by atoms with E-state index in [4.69, 9.17) is 0 Å². The van der Waals surface area contributed by atoms with Gasteiger partial charge in [-0.15, -0.1) is 0 Å². The molecule has 0 radical (unpaired) electrons. The van der Waals surface area contributed by atoms with Gasteiger partial charge in [0.25, 0.3) is 0 Å². The minimum atomic E-state index is -0.432. The van der Waals surface area contributed by atoms with Gasteiger partial charge in [0, 0.05) is 11.3 Å². The number of hydrogen-bond donors (Lipinski definition) is 3. The fourth-order valence-corrected chi connectivity index (χ4v) is 6.40. The monoisotopic (exact) mass is 461 g/mol. The Kier molecular flexibility index (Phi) is 5.92. The molecule has 2 aliphatic carbocycles. The highest BCUT2D eigenvalue weighted by atomic mass is 19.1. The summed E-state index contributed by atoms with van der Waals surface area (Å²) in [5.74, 6) is 1.62. The van der Waals surface area contributed by atoms with Crippen molar-refractivity contribution in [2.75, 3.05) is 5.32 Å². The van der Waals surface area contributed by atoms with E-state index < -0.39 is 5.82 Å². The van der Waals surface area contributed by atoms with Crippen molar-refractivity contribution in [1.82, 2.24) is 10.2 Å². The smallest absolute Gasteiger partial charge is 0.230 e. The van der Waals surface area contributed by atoms with Crippen LogP contribution in [-0.4, -0.2) is 21.2 Å². The maximum absolute atomic E-state index is 13.6. The van der Waals surface area contributed by atoms with Gasteiger partial charge in [0.15, 0.2) is 0 Å². The lowest BCUT2D eigenvalue weighted by atomic mass is 9.56. The minimum absolute atomic E-state index is 0.0239. The van der Waals surface area contributed by atoms with Crippen molar-refractivity contribution >= 4 is 11.6 Å². The van der Waals surface area contributed by atoms with Crippen LogP contribution in [0.3, 0.4) is 0 Å². The van der Waals surface area contributed by atoms with Crippen molar-refractivity contribution in [1.29, 1.82) is 0 Å². The molecule has 0 spiro atoms. The summed E-state index contributed by atoms with van der Waals surface area (Å²) in [6, 6.07) is 13.2. The van der Waals surface area contributed by atoms with Gasteiger partial charge >= 0.3 is 0 Å². The topological polar surface area (TPSA) is 78.0 Å². The molecule has 2 fully saturated rings. The number of phenolic OH excluding ortho intramolecular Hbond substituents is 1. The van der Waals surface area contributed by atoms with Crippen molar-refractivity contribution < 1.29 is 14.3 Å². The van der Waals surface area contributed by atoms with Crippen LogP contribution in [0.2, 0.25) is 0 Å². The van der Waals surface area contributed by atoms with E-state index >= 15 is 0 Å². The molecule has 1 aromatic heterocycles. The molecule has 0 aliphatic heterocycles. The van der Waals surface area contributed by atoms with Gasteiger partial charge < -0.3 is 10.4 Å². The Bertz CT molecular complexity index is 1180. The first-order valence-electron chi connectivity index (χ1n) is 12.3. The molecule has 3 N–H and O–H groups in total. The number of amides is 1. The number of aromatic amines is 1. The SMILES string of the molecule is CCC1CC2CC(C)CC(C(=O)Nc3ccc(-c4cc(-c5cc(F)ccc5O)n[nH]4)cc3)(C1)C2. The Morgan fingerprint density at radius 3 is 2.71 bits per heavy atom. The quantitative estimate of drug-likeness (QED) is 0.392. The van der Waals surface area contributed by atoms with Crippen LogP contribution in [0.4, 0.5) is 10.1 Å². The number of anilines is 1. The number of benzene rings is 2. The second kappa shape index (κ2) is 8.90. The second-order valence-electron chi connectivity index (χ2n) is 10.5. The van der Waals surface area contributed by atoms with Gasteiger partial charge in [-0.1, -0.05) is 32.4 Å². The molecule has 4 unspecified atom stereocenters. The lowest BCUT2D eigenvalue weighted by Gasteiger charge is -2.49. The number of aromatic nitrogens is 2. The molecule has 2 aliphatic rings. The van der Waals surface area contributed by atoms with E-state index in [1.807, 2.05) is 24.3 Å². The average molecular weight is 462 g/mol. The highest BCUT2D eigenvalue weighted by Crippen LogP contribution is 2.54. The fraction of sp³-hybridized carbons (Fsp3) is 0.429. The predicted octanol–water partition coefficient (Wildman–Crippen LogP) is 6.77. The number of hydrogen-bond acceptors (Lipinski definition) is 3. The zero-order valence-corrected chi connectivity index (χ0v) is 19.8. The molecule has 2 bridgehead atoms. The van der Waals surface area contributed by atoms with Crippen LogP contribution in [0, 0.1) is 29.0 Å². The van der Waals surface area contributed by atoms with Gasteiger partial charge in [-0.2, -0.15) is 5.10 Å². The molecule has 2 saturated carbocycles. The number of halogens is 1. The van der Waals surface area contributed by atoms with Crippen molar-refractivity contribution in [2.45, 2.75) is 52.4 Å². The normalized spacial score (nSPS) is 26.3. The van der Waals surface area contributed by atoms with Crippen LogP contribution in [0.1, 0.15) is 52.4 Å². The minimum Gasteiger partial charge on any atom is -0.507 e. The van der Waals surface area contributed by atoms with E-state index in [2.05, 4.69) is 29.4 Å². The molecule has 5 nitrogen and oxygen atoms in total. The zero-order chi connectivity index (χ0) is 23.9. The Hall–Kier alpha value is -3.15. The summed E-state index contributed by atoms with van der Waals surface area (Å²) < 4.78 is 13.6. The largest absolute Gasteiger partial charge is 0.507 e. The number of carbonyl (C=O) groups excluding carboxylic acids is 1. The molecular formula is C28H32FN3O2. The average Bonchev–Trinajstić information content (AvgIpc) is 3.30. The van der Waals surface area contributed by atoms with Gasteiger partial charge in [-0.25, -0.2) is 4.39 Å². The molecule has 5 rings (SSSR count). The van der Waals surface area contributed by atoms with Crippen molar-refractivity contribution in [2.24, 2.45) is 23.2 Å². The van der Waals surface area contributed by atoms with Crippen LogP contribution in [-0.2, 0) is 4.79 Å². The summed E-state index contributed by atoms with van der Waals surface area (Å²) >= 11 is 0. The number of rotatable bonds is 5. The Labute approximate surface area is 199 Å². The first-order chi connectivity index (χ1) is 16.3. The van der Waals surface area contributed by atoms with E-state index in [0.29, 0.717) is 29.0 Å². The molecule has 3 aromatic rings. The summed E-state index contributed by atoms with van der Waals surface area (Å²) in [5, 5.41) is 20.4. The third kappa shape index (κ3) is 4.33. The van der Waals surface area contributed by atoms with E-state index in [1.165, 1.54) is 31.0 Å². The van der Waals surface area contributed by atoms with Gasteiger partial charge in [0.05, 0.1) is 16.8 Å². The molecule has 178 valence electrons. The van der Waals surface area contributed by atoms with Gasteiger partial charge in [0.2, 0.25) is 5.91 Å². The molecule has 2 aromatic carbocycles. The second-order valence-corrected chi connectivity index (χ2v) is 10.5. The maximum Gasteiger partial charge on any atom is 0.230 e. The van der Waals surface area contributed by atoms with Gasteiger partial charge in [-0.05, 0) is 91.8 Å². The zero-order valence-electron chi connectivity index (χ0n) is 19.8. The number of fused-ring (bicyclic) bond motifs is 2. The van der Waals surface area contributed by atoms with Crippen LogP contribution in [0.5, 0.6) is 5.75 Å². The highest BCUT2D eigenvalue weighted by molar-refractivity contribution is 5.95. The Morgan fingerprint density at radius 1 is 1.15 bits per heavy atom. The first-order valence-corrected chi connectivity index (χ1v) is 12.3. The number of nitrogens with one attached hydrogen (secondary N) is 2. The summed E-state index contributed by atoms with van der Waals surface area (Å²) in [4.78, 5) is 13.5. The van der Waals surface area contributed by atoms with E-state index in [9.17, 15) is 14.3 Å². The fourth-order valence-electron chi connectivity index (χ4n) is 6.40. The number of aromatic hydroxyl groups is 1. The summed E-state index contributed by atoms with van der Waals surface area (Å²) in [6.45, 7) is 4.54. The van der Waals surface area contributed by atoms with Crippen LogP contribution in [0.15, 0.2) is 48.5 Å². The van der Waals surface area contributed by atoms with E-state index in [-0.39, 0.29) is 17.1 Å². The summed E-state index contributed by atoms with van der Waals surface area (Å²) in [6.07, 6.45) is 6.66. The standard InChI is InChI=1S/C28H32FN3O2/c1-3-18-11-19-10-17(2)14-28(15-18,16-19)27(34)30-22-7-4-20(5-8-22)24-13-25(32-31-24)23-12-21(29)6-9-26(23)33/h4-9,12-13,17-19,33H,3,10-11,14-16H2,1-2H3,(H,30,34)(H,31,32). The molecule has 34 heavy (non-hydrogen) atoms. The van der Waals surface area contributed by atoms with Crippen LogP contribution < -0.4 is 5.32 Å². The number of nitrogens with zero attached hydrogens (tertiary/aromatic N) is 1. The molecule has 1 heterocycles. The van der Waals surface area contributed by atoms with Gasteiger partial charge in [0.1, 0.15) is 11.6 Å². The number of carbonyl (C=O) groups is 1. The molecular weight excluding hydrogens is 429 g/mol. The Balaban J connectivity index is 1.32. The van der Waals surface area contributed by atoms with Crippen molar-refractivity contribution in [3.63, 3.8) is 0 Å². The number of H-pyrrole nitrogens is 1.